The summed E-state index contributed by atoms with van der Waals surface area (Å²) in [5, 5.41) is 6.81. The van der Waals surface area contributed by atoms with Crippen molar-refractivity contribution in [1.29, 1.82) is 0 Å². The average molecular weight is 598 g/mol. The lowest BCUT2D eigenvalue weighted by Gasteiger charge is -2.28. The SMILES string of the molecule is C/C=C(\C)c1cc(Nc2cc(OCCC3CCN(C)C(=O)C3)cc(N(CCC)CCC)n2)ccc1NC.CC.CC.CC. The number of benzene rings is 1. The summed E-state index contributed by atoms with van der Waals surface area (Å²) in [7, 11) is 3.83. The van der Waals surface area contributed by atoms with E-state index in [0.717, 1.165) is 79.6 Å². The van der Waals surface area contributed by atoms with Crippen molar-refractivity contribution in [3.05, 3.63) is 42.0 Å². The summed E-state index contributed by atoms with van der Waals surface area (Å²) < 4.78 is 6.26. The third-order valence-corrected chi connectivity index (χ3v) is 7.07. The van der Waals surface area contributed by atoms with Gasteiger partial charge in [0, 0.05) is 69.2 Å². The van der Waals surface area contributed by atoms with Gasteiger partial charge in [0.05, 0.1) is 6.61 Å². The van der Waals surface area contributed by atoms with Gasteiger partial charge in [-0.25, -0.2) is 4.98 Å². The second-order valence-corrected chi connectivity index (χ2v) is 9.95. The smallest absolute Gasteiger partial charge is 0.222 e. The topological polar surface area (TPSA) is 69.7 Å². The third kappa shape index (κ3) is 13.3. The van der Waals surface area contributed by atoms with E-state index in [2.05, 4.69) is 73.6 Å². The number of aromatic nitrogens is 1. The van der Waals surface area contributed by atoms with E-state index >= 15 is 0 Å². The molecule has 1 atom stereocenters. The summed E-state index contributed by atoms with van der Waals surface area (Å²) in [5.74, 6) is 3.12. The van der Waals surface area contributed by atoms with E-state index < -0.39 is 0 Å². The Labute approximate surface area is 264 Å². The molecule has 1 fully saturated rings. The molecule has 0 radical (unpaired) electrons. The van der Waals surface area contributed by atoms with Crippen LogP contribution >= 0.6 is 0 Å². The summed E-state index contributed by atoms with van der Waals surface area (Å²) in [5.41, 5.74) is 4.45. The van der Waals surface area contributed by atoms with E-state index in [1.54, 1.807) is 0 Å². The summed E-state index contributed by atoms with van der Waals surface area (Å²) in [4.78, 5) is 21.2. The first-order chi connectivity index (χ1) is 20.9. The minimum absolute atomic E-state index is 0.237. The molecule has 0 saturated carbocycles. The van der Waals surface area contributed by atoms with Crippen molar-refractivity contribution in [1.82, 2.24) is 9.88 Å². The molecule has 1 aliphatic heterocycles. The van der Waals surface area contributed by atoms with Gasteiger partial charge < -0.3 is 25.2 Å². The van der Waals surface area contributed by atoms with E-state index in [-0.39, 0.29) is 5.91 Å². The number of carbonyl (C=O) groups excluding carboxylic acids is 1. The number of ether oxygens (including phenoxy) is 1. The molecule has 0 aliphatic carbocycles. The van der Waals surface area contributed by atoms with Gasteiger partial charge in [-0.3, -0.25) is 4.79 Å². The Morgan fingerprint density at radius 3 is 2.28 bits per heavy atom. The number of amides is 1. The van der Waals surface area contributed by atoms with Crippen LogP contribution in [0.3, 0.4) is 0 Å². The van der Waals surface area contributed by atoms with Crippen LogP contribution in [0.5, 0.6) is 5.75 Å². The minimum atomic E-state index is 0.237. The van der Waals surface area contributed by atoms with Gasteiger partial charge in [-0.05, 0) is 69.2 Å². The summed E-state index contributed by atoms with van der Waals surface area (Å²) in [6.45, 7) is 23.9. The van der Waals surface area contributed by atoms with Crippen LogP contribution in [0.15, 0.2) is 36.4 Å². The zero-order chi connectivity index (χ0) is 32.8. The zero-order valence-corrected chi connectivity index (χ0v) is 29.6. The van der Waals surface area contributed by atoms with Gasteiger partial charge in [-0.2, -0.15) is 0 Å². The second kappa shape index (κ2) is 23.3. The van der Waals surface area contributed by atoms with E-state index in [1.165, 1.54) is 5.57 Å². The van der Waals surface area contributed by atoms with E-state index in [4.69, 9.17) is 9.72 Å². The minimum Gasteiger partial charge on any atom is -0.493 e. The van der Waals surface area contributed by atoms with Crippen LogP contribution in [-0.2, 0) is 4.79 Å². The molecule has 3 rings (SSSR count). The standard InChI is InChI=1S/C30H45N5O2.3C2H6/c1-7-14-35(15-8-2)29-21-25(37-17-13-23-12-16-34(6)30(36)18-23)20-28(33-29)32-24-10-11-27(31-5)26(19-24)22(4)9-3;3*1-2/h9-11,19-21,23,31H,7-8,12-18H2,1-6H3,(H,32,33);3*1-2H3/b22-9+;;;. The van der Waals surface area contributed by atoms with Crippen LogP contribution in [0.1, 0.15) is 107 Å². The maximum atomic E-state index is 12.1. The molecule has 1 aromatic heterocycles. The van der Waals surface area contributed by atoms with Gasteiger partial charge in [-0.15, -0.1) is 0 Å². The molecule has 2 N–H and O–H groups in total. The van der Waals surface area contributed by atoms with Crippen LogP contribution in [0.4, 0.5) is 23.0 Å². The van der Waals surface area contributed by atoms with Crippen molar-refractivity contribution in [2.45, 2.75) is 101 Å². The van der Waals surface area contributed by atoms with Crippen LogP contribution < -0.4 is 20.3 Å². The number of pyridine rings is 1. The Balaban J connectivity index is 0.00000276. The van der Waals surface area contributed by atoms with Gasteiger partial charge in [-0.1, -0.05) is 61.5 Å². The number of hydrogen-bond acceptors (Lipinski definition) is 6. The first kappa shape index (κ1) is 39.8. The van der Waals surface area contributed by atoms with Gasteiger partial charge >= 0.3 is 0 Å². The molecule has 2 heterocycles. The first-order valence-corrected chi connectivity index (χ1v) is 16.7. The van der Waals surface area contributed by atoms with Gasteiger partial charge in [0.15, 0.2) is 0 Å². The van der Waals surface area contributed by atoms with E-state index in [0.29, 0.717) is 18.9 Å². The summed E-state index contributed by atoms with van der Waals surface area (Å²) in [6.07, 6.45) is 6.76. The van der Waals surface area contributed by atoms with Crippen LogP contribution in [-0.4, -0.2) is 56.1 Å². The fourth-order valence-electron chi connectivity index (χ4n) is 4.75. The summed E-state index contributed by atoms with van der Waals surface area (Å²) in [6, 6.07) is 10.3. The highest BCUT2D eigenvalue weighted by atomic mass is 16.5. The molecular weight excluding hydrogens is 534 g/mol. The van der Waals surface area contributed by atoms with Crippen molar-refractivity contribution in [3.8, 4) is 5.75 Å². The predicted octanol–water partition coefficient (Wildman–Crippen LogP) is 9.63. The van der Waals surface area contributed by atoms with Gasteiger partial charge in [0.2, 0.25) is 5.91 Å². The fraction of sp³-hybridized carbons (Fsp3) is 0.611. The zero-order valence-electron chi connectivity index (χ0n) is 29.6. The molecule has 2 aromatic rings. The monoisotopic (exact) mass is 597 g/mol. The number of carbonyl (C=O) groups is 1. The highest BCUT2D eigenvalue weighted by Gasteiger charge is 2.23. The number of nitrogens with zero attached hydrogens (tertiary/aromatic N) is 3. The Morgan fingerprint density at radius 1 is 1.07 bits per heavy atom. The second-order valence-electron chi connectivity index (χ2n) is 9.95. The quantitative estimate of drug-likeness (QED) is 0.240. The molecule has 0 bridgehead atoms. The number of hydrogen-bond donors (Lipinski definition) is 2. The Kier molecular flexibility index (Phi) is 21.5. The number of likely N-dealkylation sites (tertiary alicyclic amines) is 1. The lowest BCUT2D eigenvalue weighted by Crippen LogP contribution is -2.36. The first-order valence-electron chi connectivity index (χ1n) is 16.7. The largest absolute Gasteiger partial charge is 0.493 e. The van der Waals surface area contributed by atoms with E-state index in [9.17, 15) is 4.79 Å². The summed E-state index contributed by atoms with van der Waals surface area (Å²) >= 11 is 0. The molecule has 7 nitrogen and oxygen atoms in total. The molecule has 1 amide bonds. The highest BCUT2D eigenvalue weighted by molar-refractivity contribution is 5.79. The van der Waals surface area contributed by atoms with E-state index in [1.807, 2.05) is 66.6 Å². The van der Waals surface area contributed by atoms with Gasteiger partial charge in [0.1, 0.15) is 17.4 Å². The number of allylic oxidation sites excluding steroid dienone is 2. The van der Waals surface area contributed by atoms with Crippen LogP contribution in [0, 0.1) is 5.92 Å². The van der Waals surface area contributed by atoms with Crippen molar-refractivity contribution < 1.29 is 9.53 Å². The maximum Gasteiger partial charge on any atom is 0.222 e. The molecule has 7 heteroatoms. The molecular formula is C36H63N5O2. The molecule has 43 heavy (non-hydrogen) atoms. The maximum absolute atomic E-state index is 12.1. The van der Waals surface area contributed by atoms with Crippen molar-refractivity contribution in [3.63, 3.8) is 0 Å². The molecule has 244 valence electrons. The predicted molar refractivity (Wildman–Crippen MR) is 190 cm³/mol. The number of rotatable bonds is 13. The normalized spacial score (nSPS) is 14.2. The Bertz CT molecular complexity index is 1060. The van der Waals surface area contributed by atoms with Crippen LogP contribution in [0.2, 0.25) is 0 Å². The van der Waals surface area contributed by atoms with Crippen LogP contribution in [0.25, 0.3) is 5.57 Å². The fourth-order valence-corrected chi connectivity index (χ4v) is 4.75. The molecule has 1 aliphatic rings. The lowest BCUT2D eigenvalue weighted by molar-refractivity contribution is -0.133. The average Bonchev–Trinajstić information content (AvgIpc) is 3.05. The number of piperidine rings is 1. The molecule has 0 spiro atoms. The van der Waals surface area contributed by atoms with Crippen molar-refractivity contribution in [2.75, 3.05) is 55.9 Å². The molecule has 1 aromatic carbocycles. The van der Waals surface area contributed by atoms with Gasteiger partial charge in [0.25, 0.3) is 0 Å². The molecule has 1 unspecified atom stereocenters. The third-order valence-electron chi connectivity index (χ3n) is 7.07. The number of nitrogens with one attached hydrogen (secondary N) is 2. The highest BCUT2D eigenvalue weighted by Crippen LogP contribution is 2.31. The van der Waals surface area contributed by atoms with Crippen molar-refractivity contribution in [2.24, 2.45) is 5.92 Å². The van der Waals surface area contributed by atoms with Crippen molar-refractivity contribution >= 4 is 34.5 Å². The lowest BCUT2D eigenvalue weighted by atomic mass is 9.94. The molecule has 1 saturated heterocycles. The number of anilines is 4. The Hall–Kier alpha value is -3.22. The Morgan fingerprint density at radius 2 is 1.72 bits per heavy atom.